The van der Waals surface area contributed by atoms with Crippen molar-refractivity contribution >= 4 is 21.8 Å². The topological polar surface area (TPSA) is 95.6 Å². The summed E-state index contributed by atoms with van der Waals surface area (Å²) in [7, 11) is -3.41. The second kappa shape index (κ2) is 8.18. The third-order valence-electron chi connectivity index (χ3n) is 4.02. The van der Waals surface area contributed by atoms with Crippen LogP contribution in [0.4, 0.5) is 0 Å². The number of nitrogens with zero attached hydrogens (tertiary/aromatic N) is 1. The van der Waals surface area contributed by atoms with Crippen LogP contribution in [0, 0.1) is 0 Å². The van der Waals surface area contributed by atoms with Gasteiger partial charge in [-0.2, -0.15) is 4.31 Å². The van der Waals surface area contributed by atoms with Crippen molar-refractivity contribution < 1.29 is 18.0 Å². The summed E-state index contributed by atoms with van der Waals surface area (Å²) < 4.78 is 26.4. The Balaban J connectivity index is 1.86. The van der Waals surface area contributed by atoms with E-state index in [2.05, 4.69) is 10.6 Å². The van der Waals surface area contributed by atoms with Crippen molar-refractivity contribution in [1.82, 2.24) is 14.9 Å². The summed E-state index contributed by atoms with van der Waals surface area (Å²) in [6.45, 7) is 6.86. The van der Waals surface area contributed by atoms with Gasteiger partial charge in [0.1, 0.15) is 0 Å². The third kappa shape index (κ3) is 5.54. The molecule has 7 nitrogen and oxygen atoms in total. The van der Waals surface area contributed by atoms with E-state index in [1.807, 2.05) is 0 Å². The van der Waals surface area contributed by atoms with Gasteiger partial charge in [-0.1, -0.05) is 12.1 Å². The summed E-state index contributed by atoms with van der Waals surface area (Å²) >= 11 is 0. The molecular weight excluding hydrogens is 354 g/mol. The van der Waals surface area contributed by atoms with Gasteiger partial charge in [-0.05, 0) is 57.7 Å². The molecular formula is C18H27N3O4S. The highest BCUT2D eigenvalue weighted by Crippen LogP contribution is 2.21. The van der Waals surface area contributed by atoms with Gasteiger partial charge in [-0.3, -0.25) is 9.59 Å². The standard InChI is InChI=1S/C18H27N3O4S/c1-18(2,3)20-17(23)16(22)19-11-10-14-6-8-15(9-7-14)26(24,25)21-12-4-5-13-21/h6-9H,4-5,10-13H2,1-3H3,(H,19,22)(H,20,23). The van der Waals surface area contributed by atoms with Crippen molar-refractivity contribution in [3.63, 3.8) is 0 Å². The number of rotatable bonds is 5. The number of carbonyl (C=O) groups is 2. The lowest BCUT2D eigenvalue weighted by atomic mass is 10.1. The zero-order valence-corrected chi connectivity index (χ0v) is 16.4. The number of carbonyl (C=O) groups excluding carboxylic acids is 2. The molecule has 1 saturated heterocycles. The van der Waals surface area contributed by atoms with Crippen LogP contribution in [0.2, 0.25) is 0 Å². The molecule has 1 aliphatic heterocycles. The van der Waals surface area contributed by atoms with Crippen LogP contribution < -0.4 is 10.6 Å². The number of benzene rings is 1. The Labute approximate surface area is 155 Å². The van der Waals surface area contributed by atoms with Crippen LogP contribution in [-0.4, -0.2) is 49.7 Å². The Morgan fingerprint density at radius 1 is 1.04 bits per heavy atom. The highest BCUT2D eigenvalue weighted by atomic mass is 32.2. The van der Waals surface area contributed by atoms with Crippen LogP contribution in [0.1, 0.15) is 39.2 Å². The molecule has 2 rings (SSSR count). The van der Waals surface area contributed by atoms with E-state index in [0.717, 1.165) is 18.4 Å². The lowest BCUT2D eigenvalue weighted by molar-refractivity contribution is -0.140. The molecule has 8 heteroatoms. The fraction of sp³-hybridized carbons (Fsp3) is 0.556. The summed E-state index contributed by atoms with van der Waals surface area (Å²) in [4.78, 5) is 23.7. The van der Waals surface area contributed by atoms with E-state index in [9.17, 15) is 18.0 Å². The molecule has 144 valence electrons. The normalized spacial score (nSPS) is 15.7. The van der Waals surface area contributed by atoms with E-state index in [-0.39, 0.29) is 4.90 Å². The SMILES string of the molecule is CC(C)(C)NC(=O)C(=O)NCCc1ccc(S(=O)(=O)N2CCCC2)cc1. The molecule has 26 heavy (non-hydrogen) atoms. The summed E-state index contributed by atoms with van der Waals surface area (Å²) in [6, 6.07) is 6.67. The second-order valence-electron chi connectivity index (χ2n) is 7.47. The fourth-order valence-corrected chi connectivity index (χ4v) is 4.22. The molecule has 0 atom stereocenters. The van der Waals surface area contributed by atoms with Gasteiger partial charge < -0.3 is 10.6 Å². The molecule has 0 unspecified atom stereocenters. The van der Waals surface area contributed by atoms with E-state index in [4.69, 9.17) is 0 Å². The Hall–Kier alpha value is -1.93. The van der Waals surface area contributed by atoms with E-state index in [1.165, 1.54) is 4.31 Å². The first kappa shape index (κ1) is 20.4. The minimum atomic E-state index is -3.41. The van der Waals surface area contributed by atoms with Crippen molar-refractivity contribution in [2.45, 2.75) is 50.5 Å². The molecule has 1 heterocycles. The van der Waals surface area contributed by atoms with Gasteiger partial charge in [0.2, 0.25) is 10.0 Å². The molecule has 1 fully saturated rings. The second-order valence-corrected chi connectivity index (χ2v) is 9.40. The van der Waals surface area contributed by atoms with E-state index < -0.39 is 27.4 Å². The maximum absolute atomic E-state index is 12.5. The molecule has 1 aromatic carbocycles. The molecule has 2 amide bonds. The van der Waals surface area contributed by atoms with Crippen LogP contribution in [0.25, 0.3) is 0 Å². The van der Waals surface area contributed by atoms with E-state index >= 15 is 0 Å². The number of sulfonamides is 1. The first-order chi connectivity index (χ1) is 12.1. The third-order valence-corrected chi connectivity index (χ3v) is 5.93. The highest BCUT2D eigenvalue weighted by molar-refractivity contribution is 7.89. The van der Waals surface area contributed by atoms with Crippen molar-refractivity contribution in [1.29, 1.82) is 0 Å². The zero-order chi connectivity index (χ0) is 19.4. The summed E-state index contributed by atoms with van der Waals surface area (Å²) in [5.41, 5.74) is 0.423. The molecule has 0 radical (unpaired) electrons. The van der Waals surface area contributed by atoms with Crippen molar-refractivity contribution in [2.75, 3.05) is 19.6 Å². The monoisotopic (exact) mass is 381 g/mol. The van der Waals surface area contributed by atoms with Crippen LogP contribution in [0.3, 0.4) is 0 Å². The maximum atomic E-state index is 12.5. The average Bonchev–Trinajstić information content (AvgIpc) is 3.09. The minimum absolute atomic E-state index is 0.289. The van der Waals surface area contributed by atoms with E-state index in [1.54, 1.807) is 45.0 Å². The summed E-state index contributed by atoms with van der Waals surface area (Å²) in [5, 5.41) is 5.16. The van der Waals surface area contributed by atoms with Gasteiger partial charge in [-0.15, -0.1) is 0 Å². The van der Waals surface area contributed by atoms with Gasteiger partial charge in [0.25, 0.3) is 0 Å². The maximum Gasteiger partial charge on any atom is 0.309 e. The van der Waals surface area contributed by atoms with E-state index in [0.29, 0.717) is 26.1 Å². The quantitative estimate of drug-likeness (QED) is 0.745. The smallest absolute Gasteiger partial charge is 0.309 e. The summed E-state index contributed by atoms with van der Waals surface area (Å²) in [5.74, 6) is -1.34. The van der Waals surface area contributed by atoms with Crippen molar-refractivity contribution in [2.24, 2.45) is 0 Å². The van der Waals surface area contributed by atoms with Gasteiger partial charge in [0, 0.05) is 25.2 Å². The van der Waals surface area contributed by atoms with Gasteiger partial charge >= 0.3 is 11.8 Å². The molecule has 0 saturated carbocycles. The lowest BCUT2D eigenvalue weighted by Gasteiger charge is -2.19. The van der Waals surface area contributed by atoms with Gasteiger partial charge in [0.05, 0.1) is 4.90 Å². The van der Waals surface area contributed by atoms with Crippen LogP contribution in [0.5, 0.6) is 0 Å². The number of amides is 2. The Morgan fingerprint density at radius 2 is 1.62 bits per heavy atom. The average molecular weight is 381 g/mol. The van der Waals surface area contributed by atoms with Crippen LogP contribution in [0.15, 0.2) is 29.2 Å². The molecule has 0 aliphatic carbocycles. The molecule has 0 bridgehead atoms. The van der Waals surface area contributed by atoms with Crippen LogP contribution >= 0.6 is 0 Å². The largest absolute Gasteiger partial charge is 0.348 e. The van der Waals surface area contributed by atoms with Gasteiger partial charge in [0.15, 0.2) is 0 Å². The lowest BCUT2D eigenvalue weighted by Crippen LogP contribution is -2.48. The number of hydrogen-bond acceptors (Lipinski definition) is 4. The molecule has 1 aromatic rings. The number of nitrogens with one attached hydrogen (secondary N) is 2. The Kier molecular flexibility index (Phi) is 6.41. The first-order valence-electron chi connectivity index (χ1n) is 8.79. The first-order valence-corrected chi connectivity index (χ1v) is 10.2. The Bertz CT molecular complexity index is 746. The summed E-state index contributed by atoms with van der Waals surface area (Å²) in [6.07, 6.45) is 2.32. The highest BCUT2D eigenvalue weighted by Gasteiger charge is 2.26. The van der Waals surface area contributed by atoms with Crippen molar-refractivity contribution in [3.05, 3.63) is 29.8 Å². The molecule has 0 aromatic heterocycles. The Morgan fingerprint density at radius 3 is 2.15 bits per heavy atom. The predicted molar refractivity (Wildman–Crippen MR) is 99.0 cm³/mol. The number of hydrogen-bond donors (Lipinski definition) is 2. The van der Waals surface area contributed by atoms with Gasteiger partial charge in [-0.25, -0.2) is 8.42 Å². The predicted octanol–water partition coefficient (Wildman–Crippen LogP) is 1.04. The fourth-order valence-electron chi connectivity index (χ4n) is 2.70. The minimum Gasteiger partial charge on any atom is -0.348 e. The van der Waals surface area contributed by atoms with Crippen LogP contribution in [-0.2, 0) is 26.0 Å². The molecule has 1 aliphatic rings. The van der Waals surface area contributed by atoms with Crippen molar-refractivity contribution in [3.8, 4) is 0 Å². The molecule has 0 spiro atoms. The molecule has 2 N–H and O–H groups in total. The zero-order valence-electron chi connectivity index (χ0n) is 15.5.